The van der Waals surface area contributed by atoms with Crippen LogP contribution in [0.4, 0.5) is 0 Å². The number of ether oxygens (including phenoxy) is 1. The normalized spacial score (nSPS) is 19.0. The van der Waals surface area contributed by atoms with Crippen molar-refractivity contribution in [1.82, 2.24) is 10.2 Å². The first-order valence-corrected chi connectivity index (χ1v) is 8.09. The number of nitrogens with one attached hydrogen (secondary N) is 1. The Morgan fingerprint density at radius 1 is 1.36 bits per heavy atom. The van der Waals surface area contributed by atoms with Crippen LogP contribution in [0.5, 0.6) is 5.75 Å². The van der Waals surface area contributed by atoms with Crippen molar-refractivity contribution in [3.63, 3.8) is 0 Å². The third-order valence-electron chi connectivity index (χ3n) is 3.98. The Kier molecular flexibility index (Phi) is 6.68. The lowest BCUT2D eigenvalue weighted by molar-refractivity contribution is -0.129. The standard InChI is InChI=1S/C17H26N2O3/c1-2-15-17(21)18-9-10-19(15)13-14-7-3-4-8-16(14)22-12-6-5-11-20/h3-4,7-8,15,20H,2,5-6,9-13H2,1H3,(H,18,21)/t15-/m0/s1. The molecular formula is C17H26N2O3. The number of hydrogen-bond donors (Lipinski definition) is 2. The molecule has 5 heteroatoms. The molecule has 1 heterocycles. The first kappa shape index (κ1) is 16.8. The third kappa shape index (κ3) is 4.45. The van der Waals surface area contributed by atoms with Crippen molar-refractivity contribution in [3.8, 4) is 5.75 Å². The minimum atomic E-state index is -0.0591. The van der Waals surface area contributed by atoms with Crippen LogP contribution in [-0.4, -0.2) is 48.3 Å². The van der Waals surface area contributed by atoms with E-state index < -0.39 is 0 Å². The Bertz CT molecular complexity index is 479. The molecule has 2 N–H and O–H groups in total. The minimum Gasteiger partial charge on any atom is -0.493 e. The summed E-state index contributed by atoms with van der Waals surface area (Å²) in [5, 5.41) is 11.7. The number of hydrogen-bond acceptors (Lipinski definition) is 4. The van der Waals surface area contributed by atoms with Gasteiger partial charge in [-0.3, -0.25) is 9.69 Å². The van der Waals surface area contributed by atoms with Gasteiger partial charge in [-0.2, -0.15) is 0 Å². The second kappa shape index (κ2) is 8.76. The second-order valence-corrected chi connectivity index (χ2v) is 5.57. The van der Waals surface area contributed by atoms with Gasteiger partial charge in [0.25, 0.3) is 0 Å². The van der Waals surface area contributed by atoms with Crippen molar-refractivity contribution >= 4 is 5.91 Å². The number of amides is 1. The van der Waals surface area contributed by atoms with Gasteiger partial charge in [-0.25, -0.2) is 0 Å². The summed E-state index contributed by atoms with van der Waals surface area (Å²) in [6, 6.07) is 7.93. The highest BCUT2D eigenvalue weighted by Crippen LogP contribution is 2.22. The molecule has 0 saturated carbocycles. The maximum Gasteiger partial charge on any atom is 0.237 e. The topological polar surface area (TPSA) is 61.8 Å². The molecule has 5 nitrogen and oxygen atoms in total. The summed E-state index contributed by atoms with van der Waals surface area (Å²) in [6.45, 7) is 5.14. The molecular weight excluding hydrogens is 280 g/mol. The van der Waals surface area contributed by atoms with Gasteiger partial charge in [0.2, 0.25) is 5.91 Å². The van der Waals surface area contributed by atoms with Gasteiger partial charge < -0.3 is 15.2 Å². The van der Waals surface area contributed by atoms with E-state index in [0.29, 0.717) is 13.2 Å². The van der Waals surface area contributed by atoms with Gasteiger partial charge in [-0.1, -0.05) is 25.1 Å². The lowest BCUT2D eigenvalue weighted by Gasteiger charge is -2.34. The molecule has 1 atom stereocenters. The Balaban J connectivity index is 2.00. The number of carbonyl (C=O) groups excluding carboxylic acids is 1. The molecule has 1 aromatic rings. The fourth-order valence-corrected chi connectivity index (χ4v) is 2.79. The second-order valence-electron chi connectivity index (χ2n) is 5.57. The molecule has 0 radical (unpaired) electrons. The van der Waals surface area contributed by atoms with E-state index in [1.165, 1.54) is 0 Å². The zero-order valence-corrected chi connectivity index (χ0v) is 13.3. The van der Waals surface area contributed by atoms with E-state index in [-0.39, 0.29) is 18.6 Å². The van der Waals surface area contributed by atoms with Crippen LogP contribution in [0.2, 0.25) is 0 Å². The number of para-hydroxylation sites is 1. The van der Waals surface area contributed by atoms with Crippen LogP contribution in [0.15, 0.2) is 24.3 Å². The number of unbranched alkanes of at least 4 members (excludes halogenated alkanes) is 1. The summed E-state index contributed by atoms with van der Waals surface area (Å²) in [4.78, 5) is 14.2. The zero-order valence-electron chi connectivity index (χ0n) is 13.3. The highest BCUT2D eigenvalue weighted by molar-refractivity contribution is 5.82. The van der Waals surface area contributed by atoms with Gasteiger partial charge in [0.1, 0.15) is 5.75 Å². The molecule has 1 aromatic carbocycles. The van der Waals surface area contributed by atoms with E-state index in [1.807, 2.05) is 25.1 Å². The smallest absolute Gasteiger partial charge is 0.237 e. The molecule has 1 amide bonds. The first-order valence-electron chi connectivity index (χ1n) is 8.09. The molecule has 0 unspecified atom stereocenters. The maximum atomic E-state index is 11.9. The van der Waals surface area contributed by atoms with Crippen molar-refractivity contribution in [3.05, 3.63) is 29.8 Å². The number of benzene rings is 1. The summed E-state index contributed by atoms with van der Waals surface area (Å²) < 4.78 is 5.84. The summed E-state index contributed by atoms with van der Waals surface area (Å²) in [5.41, 5.74) is 1.11. The molecule has 122 valence electrons. The summed E-state index contributed by atoms with van der Waals surface area (Å²) in [6.07, 6.45) is 2.41. The molecule has 1 aliphatic rings. The van der Waals surface area contributed by atoms with Crippen LogP contribution >= 0.6 is 0 Å². The number of carbonyl (C=O) groups is 1. The molecule has 2 rings (SSSR count). The minimum absolute atomic E-state index is 0.0591. The fraction of sp³-hybridized carbons (Fsp3) is 0.588. The van der Waals surface area contributed by atoms with Gasteiger partial charge in [-0.05, 0) is 25.3 Å². The highest BCUT2D eigenvalue weighted by Gasteiger charge is 2.28. The number of piperazine rings is 1. The predicted molar refractivity (Wildman–Crippen MR) is 85.8 cm³/mol. The van der Waals surface area contributed by atoms with Gasteiger partial charge in [0.15, 0.2) is 0 Å². The van der Waals surface area contributed by atoms with Crippen LogP contribution in [0.25, 0.3) is 0 Å². The first-order chi connectivity index (χ1) is 10.8. The SMILES string of the molecule is CC[C@H]1C(=O)NCCN1Cc1ccccc1OCCCCO. The quantitative estimate of drug-likeness (QED) is 0.715. The van der Waals surface area contributed by atoms with Gasteiger partial charge in [0, 0.05) is 31.8 Å². The Morgan fingerprint density at radius 3 is 2.95 bits per heavy atom. The van der Waals surface area contributed by atoms with E-state index >= 15 is 0 Å². The van der Waals surface area contributed by atoms with Gasteiger partial charge >= 0.3 is 0 Å². The lowest BCUT2D eigenvalue weighted by atomic mass is 10.1. The third-order valence-corrected chi connectivity index (χ3v) is 3.98. The van der Waals surface area contributed by atoms with Crippen molar-refractivity contribution in [1.29, 1.82) is 0 Å². The molecule has 1 aliphatic heterocycles. The molecule has 22 heavy (non-hydrogen) atoms. The van der Waals surface area contributed by atoms with Crippen molar-refractivity contribution in [2.24, 2.45) is 0 Å². The molecule has 0 bridgehead atoms. The number of aliphatic hydroxyl groups is 1. The molecule has 0 spiro atoms. The molecule has 1 fully saturated rings. The average molecular weight is 306 g/mol. The van der Waals surface area contributed by atoms with Gasteiger partial charge in [-0.15, -0.1) is 0 Å². The highest BCUT2D eigenvalue weighted by atomic mass is 16.5. The van der Waals surface area contributed by atoms with E-state index in [4.69, 9.17) is 9.84 Å². The lowest BCUT2D eigenvalue weighted by Crippen LogP contribution is -2.54. The zero-order chi connectivity index (χ0) is 15.8. The molecule has 1 saturated heterocycles. The molecule has 0 aromatic heterocycles. The van der Waals surface area contributed by atoms with Crippen LogP contribution in [-0.2, 0) is 11.3 Å². The monoisotopic (exact) mass is 306 g/mol. The van der Waals surface area contributed by atoms with E-state index in [9.17, 15) is 4.79 Å². The number of nitrogens with zero attached hydrogens (tertiary/aromatic N) is 1. The van der Waals surface area contributed by atoms with Gasteiger partial charge in [0.05, 0.1) is 12.6 Å². The predicted octanol–water partition coefficient (Wildman–Crippen LogP) is 1.55. The van der Waals surface area contributed by atoms with Crippen LogP contribution in [0, 0.1) is 0 Å². The summed E-state index contributed by atoms with van der Waals surface area (Å²) in [7, 11) is 0. The van der Waals surface area contributed by atoms with Crippen LogP contribution in [0.1, 0.15) is 31.7 Å². The van der Waals surface area contributed by atoms with E-state index in [2.05, 4.69) is 16.3 Å². The molecule has 0 aliphatic carbocycles. The largest absolute Gasteiger partial charge is 0.493 e. The fourth-order valence-electron chi connectivity index (χ4n) is 2.79. The van der Waals surface area contributed by atoms with Crippen molar-refractivity contribution in [2.75, 3.05) is 26.3 Å². The van der Waals surface area contributed by atoms with E-state index in [0.717, 1.165) is 43.7 Å². The summed E-state index contributed by atoms with van der Waals surface area (Å²) >= 11 is 0. The summed E-state index contributed by atoms with van der Waals surface area (Å²) in [5.74, 6) is 0.997. The van der Waals surface area contributed by atoms with Crippen molar-refractivity contribution in [2.45, 2.75) is 38.8 Å². The average Bonchev–Trinajstić information content (AvgIpc) is 2.53. The Hall–Kier alpha value is -1.59. The number of rotatable bonds is 8. The Morgan fingerprint density at radius 2 is 2.18 bits per heavy atom. The maximum absolute atomic E-state index is 11.9. The van der Waals surface area contributed by atoms with Crippen LogP contribution < -0.4 is 10.1 Å². The number of aliphatic hydroxyl groups excluding tert-OH is 1. The van der Waals surface area contributed by atoms with Crippen molar-refractivity contribution < 1.29 is 14.6 Å². The van der Waals surface area contributed by atoms with Crippen LogP contribution in [0.3, 0.4) is 0 Å². The van der Waals surface area contributed by atoms with E-state index in [1.54, 1.807) is 0 Å². The Labute approximate surface area is 132 Å².